The number of aromatic carboxylic acids is 1. The molecule has 10 nitrogen and oxygen atoms in total. The minimum absolute atomic E-state index is 0.0135. The maximum atomic E-state index is 13.1. The van der Waals surface area contributed by atoms with Gasteiger partial charge in [0.15, 0.2) is 0 Å². The zero-order valence-corrected chi connectivity index (χ0v) is 27.9. The Bertz CT molecular complexity index is 1750. The molecule has 0 aromatic heterocycles. The molecule has 3 aromatic rings. The van der Waals surface area contributed by atoms with Crippen LogP contribution in [-0.4, -0.2) is 76.4 Å². The number of likely N-dealkylation sites (tertiary alicyclic amines) is 1. The Morgan fingerprint density at radius 2 is 1.56 bits per heavy atom. The number of piperidine rings is 1. The molecular weight excluding hydrogens is 628 g/mol. The molecule has 3 fully saturated rings. The molecule has 1 unspecified atom stereocenters. The van der Waals surface area contributed by atoms with Gasteiger partial charge in [-0.15, -0.1) is 0 Å². The highest BCUT2D eigenvalue weighted by atomic mass is 32.2. The lowest BCUT2D eigenvalue weighted by Gasteiger charge is -2.48. The van der Waals surface area contributed by atoms with E-state index < -0.39 is 27.3 Å². The van der Waals surface area contributed by atoms with E-state index in [-0.39, 0.29) is 33.2 Å². The van der Waals surface area contributed by atoms with Crippen molar-refractivity contribution in [3.05, 3.63) is 90.0 Å². The number of carbonyl (C=O) groups excluding carboxylic acids is 1. The van der Waals surface area contributed by atoms with Crippen LogP contribution in [-0.2, 0) is 20.0 Å². The summed E-state index contributed by atoms with van der Waals surface area (Å²) in [6, 6.07) is 25.0. The number of rotatable bonds is 10. The number of methoxy groups -OCH3 is 1. The van der Waals surface area contributed by atoms with Crippen LogP contribution in [0.2, 0.25) is 0 Å². The molecule has 3 atom stereocenters. The lowest BCUT2D eigenvalue weighted by atomic mass is 9.59. The van der Waals surface area contributed by atoms with Gasteiger partial charge in [0.2, 0.25) is 9.84 Å². The van der Waals surface area contributed by atoms with Gasteiger partial charge in [-0.25, -0.2) is 18.0 Å². The number of alkyl carbamates (subject to hydrolysis) is 1. The Morgan fingerprint density at radius 3 is 2.15 bits per heavy atom. The molecule has 1 saturated carbocycles. The minimum Gasteiger partial charge on any atom is -0.478 e. The summed E-state index contributed by atoms with van der Waals surface area (Å²) in [7, 11) is -2.38. The first-order chi connectivity index (χ1) is 23.1. The molecule has 252 valence electrons. The summed E-state index contributed by atoms with van der Waals surface area (Å²) in [5.74, 6) is -0.418. The average Bonchev–Trinajstić information content (AvgIpc) is 3.56. The van der Waals surface area contributed by atoms with Crippen LogP contribution in [0.3, 0.4) is 0 Å². The van der Waals surface area contributed by atoms with Gasteiger partial charge in [-0.05, 0) is 98.8 Å². The van der Waals surface area contributed by atoms with Gasteiger partial charge in [0.1, 0.15) is 0 Å². The Balaban J connectivity index is 1.05. The number of sulfone groups is 1. The standard InChI is InChI=1S/C37H42N4O6S/c1-47-36(44)39-34-9-5-8-33(34)37(25-38,28-6-3-2-4-7-28)29-18-20-40(21-19-29)22-26-23-41(24-26)30-12-16-32(17-13-30)48(45,46)31-14-10-27(11-15-31)35(42)43/h2-4,6-7,10-17,26,29,33-34H,5,8-9,18-24H2,1H3,(H,39,44)(H,42,43)/t33-,34-,37?/m0/s1. The van der Waals surface area contributed by atoms with E-state index in [4.69, 9.17) is 9.84 Å². The summed E-state index contributed by atoms with van der Waals surface area (Å²) in [6.45, 7) is 4.58. The van der Waals surface area contributed by atoms with Gasteiger partial charge in [0.05, 0.1) is 33.9 Å². The Morgan fingerprint density at radius 1 is 0.938 bits per heavy atom. The van der Waals surface area contributed by atoms with Gasteiger partial charge in [-0.2, -0.15) is 5.26 Å². The van der Waals surface area contributed by atoms with Crippen molar-refractivity contribution in [2.45, 2.75) is 53.4 Å². The third kappa shape index (κ3) is 6.51. The Kier molecular flexibility index (Phi) is 9.76. The normalized spacial score (nSPS) is 21.9. The lowest BCUT2D eigenvalue weighted by Crippen LogP contribution is -2.55. The number of carboxylic acid groups (broad SMARTS) is 1. The topological polar surface area (TPSA) is 140 Å². The number of carbonyl (C=O) groups is 2. The number of hydrogen-bond acceptors (Lipinski definition) is 8. The Hall–Kier alpha value is -4.40. The number of ether oxygens (including phenoxy) is 1. The molecular formula is C37H42N4O6S. The summed E-state index contributed by atoms with van der Waals surface area (Å²) in [6.07, 6.45) is 4.08. The molecule has 3 aromatic carbocycles. The number of hydrogen-bond donors (Lipinski definition) is 2. The van der Waals surface area contributed by atoms with Crippen LogP contribution in [0, 0.1) is 29.1 Å². The zero-order chi connectivity index (χ0) is 33.9. The average molecular weight is 671 g/mol. The number of nitrogens with one attached hydrogen (secondary N) is 1. The van der Waals surface area contributed by atoms with Gasteiger partial charge < -0.3 is 25.0 Å². The third-order valence-electron chi connectivity index (χ3n) is 10.7. The first-order valence-corrected chi connectivity index (χ1v) is 18.1. The number of nitriles is 1. The van der Waals surface area contributed by atoms with Crippen molar-refractivity contribution in [2.24, 2.45) is 17.8 Å². The molecule has 48 heavy (non-hydrogen) atoms. The van der Waals surface area contributed by atoms with Gasteiger partial charge >= 0.3 is 12.1 Å². The molecule has 11 heteroatoms. The molecule has 1 amide bonds. The summed E-state index contributed by atoms with van der Waals surface area (Å²) >= 11 is 0. The van der Waals surface area contributed by atoms with Gasteiger partial charge in [0, 0.05) is 43.2 Å². The smallest absolute Gasteiger partial charge is 0.407 e. The second kappa shape index (κ2) is 14.0. The fourth-order valence-electron chi connectivity index (χ4n) is 8.17. The Labute approximate surface area is 282 Å². The fourth-order valence-corrected chi connectivity index (χ4v) is 9.44. The molecule has 2 N–H and O–H groups in total. The van der Waals surface area contributed by atoms with E-state index in [1.54, 1.807) is 12.1 Å². The molecule has 2 saturated heterocycles. The number of benzene rings is 3. The SMILES string of the molecule is COC(=O)N[C@H]1CCC[C@@H]1C(C#N)(c1ccccc1)C1CCN(CC2CN(c3ccc(S(=O)(=O)c4ccc(C(=O)O)cc4)cc3)C2)CC1. The van der Waals surface area contributed by atoms with Gasteiger partial charge in [-0.3, -0.25) is 0 Å². The van der Waals surface area contributed by atoms with Crippen molar-refractivity contribution in [3.63, 3.8) is 0 Å². The summed E-state index contributed by atoms with van der Waals surface area (Å²) in [5.41, 5.74) is 1.36. The maximum Gasteiger partial charge on any atom is 0.407 e. The van der Waals surface area contributed by atoms with E-state index in [2.05, 4.69) is 33.3 Å². The van der Waals surface area contributed by atoms with Crippen LogP contribution in [0.5, 0.6) is 0 Å². The van der Waals surface area contributed by atoms with Gasteiger partial charge in [0.25, 0.3) is 0 Å². The molecule has 6 rings (SSSR count). The quantitative estimate of drug-likeness (QED) is 0.292. The second-order valence-corrected chi connectivity index (χ2v) is 15.2. The lowest BCUT2D eigenvalue weighted by molar-refractivity contribution is 0.0696. The van der Waals surface area contributed by atoms with E-state index in [1.807, 2.05) is 30.3 Å². The van der Waals surface area contributed by atoms with E-state index in [0.717, 1.165) is 76.1 Å². The molecule has 0 spiro atoms. The number of carboxylic acids is 1. The van der Waals surface area contributed by atoms with Crippen molar-refractivity contribution in [1.29, 1.82) is 5.26 Å². The highest BCUT2D eigenvalue weighted by Gasteiger charge is 2.52. The fraction of sp³-hybridized carbons (Fsp3) is 0.432. The van der Waals surface area contributed by atoms with Crippen molar-refractivity contribution < 1.29 is 27.9 Å². The second-order valence-electron chi connectivity index (χ2n) is 13.3. The number of nitrogens with zero attached hydrogens (tertiary/aromatic N) is 3. The van der Waals surface area contributed by atoms with Crippen LogP contribution >= 0.6 is 0 Å². The van der Waals surface area contributed by atoms with Crippen molar-refractivity contribution >= 4 is 27.6 Å². The van der Waals surface area contributed by atoms with Crippen LogP contribution in [0.15, 0.2) is 88.7 Å². The third-order valence-corrected chi connectivity index (χ3v) is 12.4. The predicted molar refractivity (Wildman–Crippen MR) is 181 cm³/mol. The molecule has 2 aliphatic heterocycles. The maximum absolute atomic E-state index is 13.1. The summed E-state index contributed by atoms with van der Waals surface area (Å²) in [4.78, 5) is 28.3. The van der Waals surface area contributed by atoms with Gasteiger partial charge in [-0.1, -0.05) is 36.8 Å². The van der Waals surface area contributed by atoms with Crippen LogP contribution in [0.4, 0.5) is 10.5 Å². The van der Waals surface area contributed by atoms with E-state index >= 15 is 0 Å². The number of amides is 1. The van der Waals surface area contributed by atoms with E-state index in [9.17, 15) is 23.3 Å². The van der Waals surface area contributed by atoms with Crippen molar-refractivity contribution in [3.8, 4) is 6.07 Å². The first-order valence-electron chi connectivity index (χ1n) is 16.6. The zero-order valence-electron chi connectivity index (χ0n) is 27.1. The van der Waals surface area contributed by atoms with Crippen molar-refractivity contribution in [2.75, 3.05) is 44.7 Å². The summed E-state index contributed by atoms with van der Waals surface area (Å²) < 4.78 is 31.1. The highest BCUT2D eigenvalue weighted by Crippen LogP contribution is 2.50. The molecule has 0 radical (unpaired) electrons. The molecule has 0 bridgehead atoms. The van der Waals surface area contributed by atoms with Crippen molar-refractivity contribution in [1.82, 2.24) is 10.2 Å². The molecule has 2 heterocycles. The largest absolute Gasteiger partial charge is 0.478 e. The minimum atomic E-state index is -3.76. The predicted octanol–water partition coefficient (Wildman–Crippen LogP) is 5.35. The molecule has 1 aliphatic carbocycles. The summed E-state index contributed by atoms with van der Waals surface area (Å²) in [5, 5.41) is 23.1. The van der Waals surface area contributed by atoms with E-state index in [1.165, 1.54) is 31.4 Å². The van der Waals surface area contributed by atoms with Crippen LogP contribution in [0.25, 0.3) is 0 Å². The highest BCUT2D eigenvalue weighted by molar-refractivity contribution is 7.91. The monoisotopic (exact) mass is 670 g/mol. The first kappa shape index (κ1) is 33.5. The van der Waals surface area contributed by atoms with Crippen LogP contribution < -0.4 is 10.2 Å². The van der Waals surface area contributed by atoms with E-state index in [0.29, 0.717) is 5.92 Å². The molecule has 3 aliphatic rings. The van der Waals surface area contributed by atoms with Crippen LogP contribution in [0.1, 0.15) is 48.0 Å². The number of anilines is 1.